The molecule has 5 heteroatoms. The normalized spacial score (nSPS) is 15.1. The van der Waals surface area contributed by atoms with Crippen LogP contribution in [0.25, 0.3) is 17.2 Å². The zero-order valence-electron chi connectivity index (χ0n) is 13.9. The number of nitrogens with one attached hydrogen (secondary N) is 1. The molecule has 126 valence electrons. The van der Waals surface area contributed by atoms with Gasteiger partial charge in [0.1, 0.15) is 0 Å². The first-order valence-electron chi connectivity index (χ1n) is 8.02. The summed E-state index contributed by atoms with van der Waals surface area (Å²) in [7, 11) is -3.36. The Balaban J connectivity index is 1.88. The Kier molecular flexibility index (Phi) is 4.47. The molecule has 0 bridgehead atoms. The fraction of sp³-hybridized carbons (Fsp3) is 0.263. The van der Waals surface area contributed by atoms with Crippen LogP contribution in [-0.2, 0) is 10.0 Å². The third-order valence-corrected chi connectivity index (χ3v) is 5.33. The Bertz CT molecular complexity index is 880. The van der Waals surface area contributed by atoms with Crippen molar-refractivity contribution in [1.29, 1.82) is 0 Å². The van der Waals surface area contributed by atoms with Crippen LogP contribution < -0.4 is 10.5 Å². The van der Waals surface area contributed by atoms with E-state index >= 15 is 0 Å². The van der Waals surface area contributed by atoms with E-state index in [1.165, 1.54) is 5.41 Å². The standard InChI is InChI=1S/C19H22N2O2S/c1-13-12-19(15-3-5-17(20)6-4-15)14(2)11-16(13)9-10-24(22,23)21-18-7-8-18/h3-6,9-12,18,21H,7-8,20H2,1-2H3. The maximum atomic E-state index is 12.0. The molecular formula is C19H22N2O2S. The Morgan fingerprint density at radius 1 is 1.08 bits per heavy atom. The molecule has 0 heterocycles. The second-order valence-corrected chi connectivity index (χ2v) is 7.98. The van der Waals surface area contributed by atoms with Gasteiger partial charge in [-0.05, 0) is 72.7 Å². The topological polar surface area (TPSA) is 72.2 Å². The molecule has 0 saturated heterocycles. The quantitative estimate of drug-likeness (QED) is 0.816. The van der Waals surface area contributed by atoms with Crippen molar-refractivity contribution in [2.75, 3.05) is 5.73 Å². The second kappa shape index (κ2) is 6.42. The van der Waals surface area contributed by atoms with Gasteiger partial charge in [0.15, 0.2) is 0 Å². The minimum atomic E-state index is -3.36. The van der Waals surface area contributed by atoms with E-state index in [1.807, 2.05) is 44.2 Å². The third-order valence-electron chi connectivity index (χ3n) is 4.17. The predicted octanol–water partition coefficient (Wildman–Crippen LogP) is 3.61. The highest BCUT2D eigenvalue weighted by molar-refractivity contribution is 7.92. The minimum Gasteiger partial charge on any atom is -0.399 e. The zero-order chi connectivity index (χ0) is 17.3. The van der Waals surface area contributed by atoms with Gasteiger partial charge < -0.3 is 5.73 Å². The molecule has 0 aliphatic heterocycles. The highest BCUT2D eigenvalue weighted by atomic mass is 32.2. The molecule has 0 spiro atoms. The zero-order valence-corrected chi connectivity index (χ0v) is 14.7. The molecular weight excluding hydrogens is 320 g/mol. The molecule has 4 nitrogen and oxygen atoms in total. The molecule has 0 amide bonds. The highest BCUT2D eigenvalue weighted by Crippen LogP contribution is 2.28. The van der Waals surface area contributed by atoms with Gasteiger partial charge >= 0.3 is 0 Å². The lowest BCUT2D eigenvalue weighted by Gasteiger charge is -2.11. The Labute approximate surface area is 143 Å². The summed E-state index contributed by atoms with van der Waals surface area (Å²) in [5.74, 6) is 0. The Hall–Kier alpha value is -2.11. The van der Waals surface area contributed by atoms with Gasteiger partial charge in [-0.25, -0.2) is 13.1 Å². The van der Waals surface area contributed by atoms with Crippen molar-refractivity contribution >= 4 is 21.8 Å². The summed E-state index contributed by atoms with van der Waals surface area (Å²) < 4.78 is 26.6. The van der Waals surface area contributed by atoms with E-state index in [4.69, 9.17) is 5.73 Å². The molecule has 1 saturated carbocycles. The minimum absolute atomic E-state index is 0.121. The van der Waals surface area contributed by atoms with Gasteiger partial charge in [0, 0.05) is 17.1 Å². The molecule has 1 fully saturated rings. The highest BCUT2D eigenvalue weighted by Gasteiger charge is 2.25. The van der Waals surface area contributed by atoms with E-state index in [-0.39, 0.29) is 6.04 Å². The largest absolute Gasteiger partial charge is 0.399 e. The van der Waals surface area contributed by atoms with E-state index in [2.05, 4.69) is 10.8 Å². The molecule has 2 aromatic rings. The fourth-order valence-corrected chi connectivity index (χ4v) is 3.73. The van der Waals surface area contributed by atoms with Gasteiger partial charge in [-0.2, -0.15) is 0 Å². The van der Waals surface area contributed by atoms with Gasteiger partial charge in [-0.3, -0.25) is 0 Å². The molecule has 1 aliphatic rings. The van der Waals surface area contributed by atoms with Crippen molar-refractivity contribution in [1.82, 2.24) is 4.72 Å². The molecule has 0 atom stereocenters. The van der Waals surface area contributed by atoms with Crippen LogP contribution >= 0.6 is 0 Å². The Morgan fingerprint density at radius 3 is 2.38 bits per heavy atom. The van der Waals surface area contributed by atoms with Crippen molar-refractivity contribution in [3.05, 3.63) is 58.5 Å². The molecule has 1 aliphatic carbocycles. The molecule has 0 unspecified atom stereocenters. The summed E-state index contributed by atoms with van der Waals surface area (Å²) in [6.45, 7) is 4.01. The lowest BCUT2D eigenvalue weighted by molar-refractivity contribution is 0.590. The Morgan fingerprint density at radius 2 is 1.75 bits per heavy atom. The number of anilines is 1. The van der Waals surface area contributed by atoms with E-state index in [0.29, 0.717) is 0 Å². The van der Waals surface area contributed by atoms with Crippen molar-refractivity contribution in [2.24, 2.45) is 0 Å². The summed E-state index contributed by atoms with van der Waals surface area (Å²) >= 11 is 0. The number of aryl methyl sites for hydroxylation is 2. The number of nitrogens with two attached hydrogens (primary N) is 1. The first-order chi connectivity index (χ1) is 11.3. The average Bonchev–Trinajstić information content (AvgIpc) is 3.32. The van der Waals surface area contributed by atoms with Crippen LogP contribution in [0.4, 0.5) is 5.69 Å². The predicted molar refractivity (Wildman–Crippen MR) is 99.9 cm³/mol. The van der Waals surface area contributed by atoms with Gasteiger partial charge in [0.05, 0.1) is 0 Å². The van der Waals surface area contributed by atoms with Gasteiger partial charge in [-0.15, -0.1) is 0 Å². The van der Waals surface area contributed by atoms with E-state index in [0.717, 1.165) is 46.3 Å². The number of benzene rings is 2. The van der Waals surface area contributed by atoms with Crippen molar-refractivity contribution in [3.63, 3.8) is 0 Å². The fourth-order valence-electron chi connectivity index (χ4n) is 2.63. The summed E-state index contributed by atoms with van der Waals surface area (Å²) in [6, 6.07) is 12.0. The van der Waals surface area contributed by atoms with Crippen molar-refractivity contribution in [3.8, 4) is 11.1 Å². The maximum absolute atomic E-state index is 12.0. The summed E-state index contributed by atoms with van der Waals surface area (Å²) in [6.07, 6.45) is 3.53. The molecule has 24 heavy (non-hydrogen) atoms. The molecule has 3 rings (SSSR count). The maximum Gasteiger partial charge on any atom is 0.233 e. The summed E-state index contributed by atoms with van der Waals surface area (Å²) in [5, 5.41) is 1.26. The van der Waals surface area contributed by atoms with Crippen LogP contribution in [0, 0.1) is 13.8 Å². The lowest BCUT2D eigenvalue weighted by Crippen LogP contribution is -2.23. The summed E-state index contributed by atoms with van der Waals surface area (Å²) in [4.78, 5) is 0. The van der Waals surface area contributed by atoms with Crippen LogP contribution in [0.1, 0.15) is 29.5 Å². The second-order valence-electron chi connectivity index (χ2n) is 6.39. The van der Waals surface area contributed by atoms with Crippen LogP contribution in [0.2, 0.25) is 0 Å². The van der Waals surface area contributed by atoms with Gasteiger partial charge in [-0.1, -0.05) is 24.3 Å². The van der Waals surface area contributed by atoms with Crippen LogP contribution in [-0.4, -0.2) is 14.5 Å². The number of rotatable bonds is 5. The third kappa shape index (κ3) is 4.04. The van der Waals surface area contributed by atoms with Crippen LogP contribution in [0.15, 0.2) is 41.8 Å². The van der Waals surface area contributed by atoms with Crippen molar-refractivity contribution < 1.29 is 8.42 Å². The molecule has 0 aromatic heterocycles. The monoisotopic (exact) mass is 342 g/mol. The number of hydrogen-bond acceptors (Lipinski definition) is 3. The van der Waals surface area contributed by atoms with Crippen LogP contribution in [0.3, 0.4) is 0 Å². The lowest BCUT2D eigenvalue weighted by atomic mass is 9.95. The molecule has 0 radical (unpaired) electrons. The van der Waals surface area contributed by atoms with Crippen LogP contribution in [0.5, 0.6) is 0 Å². The first-order valence-corrected chi connectivity index (χ1v) is 9.56. The van der Waals surface area contributed by atoms with E-state index < -0.39 is 10.0 Å². The van der Waals surface area contributed by atoms with Gasteiger partial charge in [0.2, 0.25) is 10.0 Å². The average molecular weight is 342 g/mol. The number of sulfonamides is 1. The van der Waals surface area contributed by atoms with Gasteiger partial charge in [0.25, 0.3) is 0 Å². The number of hydrogen-bond donors (Lipinski definition) is 2. The van der Waals surface area contributed by atoms with E-state index in [1.54, 1.807) is 6.08 Å². The van der Waals surface area contributed by atoms with E-state index in [9.17, 15) is 8.42 Å². The molecule has 2 aromatic carbocycles. The number of nitrogen functional groups attached to an aromatic ring is 1. The SMILES string of the molecule is Cc1cc(-c2ccc(N)cc2)c(C)cc1C=CS(=O)(=O)NC1CC1. The van der Waals surface area contributed by atoms with Crippen molar-refractivity contribution in [2.45, 2.75) is 32.7 Å². The summed E-state index contributed by atoms with van der Waals surface area (Å²) in [5.41, 5.74) is 11.7. The smallest absolute Gasteiger partial charge is 0.233 e. The first kappa shape index (κ1) is 16.7. The molecule has 3 N–H and O–H groups in total.